The fraction of sp³-hybridized carbons (Fsp3) is 0.0800. The summed E-state index contributed by atoms with van der Waals surface area (Å²) < 4.78 is 1.03. The Morgan fingerprint density at radius 1 is 1.06 bits per heavy atom. The number of nitrogens with zero attached hydrogens (tertiary/aromatic N) is 3. The van der Waals surface area contributed by atoms with Crippen molar-refractivity contribution in [1.29, 1.82) is 10.5 Å². The van der Waals surface area contributed by atoms with Crippen LogP contribution in [0.25, 0.3) is 15.8 Å². The summed E-state index contributed by atoms with van der Waals surface area (Å²) in [5, 5.41) is 24.6. The molecule has 4 nitrogen and oxygen atoms in total. The summed E-state index contributed by atoms with van der Waals surface area (Å²) in [6.07, 6.45) is 0. The van der Waals surface area contributed by atoms with Gasteiger partial charge in [0.15, 0.2) is 0 Å². The van der Waals surface area contributed by atoms with E-state index in [0.717, 1.165) is 27.0 Å². The second kappa shape index (κ2) is 9.89. The Labute approximate surface area is 199 Å². The Kier molecular flexibility index (Phi) is 6.78. The molecule has 0 aliphatic carbocycles. The molecule has 0 fully saturated rings. The zero-order chi connectivity index (χ0) is 22.5. The van der Waals surface area contributed by atoms with Gasteiger partial charge < -0.3 is 5.32 Å². The first-order valence-corrected chi connectivity index (χ1v) is 11.9. The molecule has 0 aliphatic heterocycles. The topological polar surface area (TPSA) is 72.5 Å². The molecule has 0 saturated heterocycles. The molecule has 3 aromatic carbocycles. The summed E-state index contributed by atoms with van der Waals surface area (Å²) in [7, 11) is 0. The zero-order valence-electron chi connectivity index (χ0n) is 17.1. The number of allylic oxidation sites excluding steroid dienone is 1. The SMILES string of the molecule is Cc1c(Cl)cccc1N/C(SCc1ccc(C#N)cc1)=C(/C#N)c1nc2ccccc2s1. The van der Waals surface area contributed by atoms with Crippen molar-refractivity contribution in [3.8, 4) is 12.1 Å². The molecular formula is C25H17ClN4S2. The largest absolute Gasteiger partial charge is 0.349 e. The van der Waals surface area contributed by atoms with Crippen molar-refractivity contribution in [2.45, 2.75) is 12.7 Å². The zero-order valence-corrected chi connectivity index (χ0v) is 19.5. The number of thioether (sulfide) groups is 1. The van der Waals surface area contributed by atoms with Crippen molar-refractivity contribution >= 4 is 56.2 Å². The van der Waals surface area contributed by atoms with E-state index in [1.807, 2.05) is 61.5 Å². The fourth-order valence-corrected chi connectivity index (χ4v) is 5.22. The van der Waals surface area contributed by atoms with Crippen LogP contribution in [0, 0.1) is 29.6 Å². The third-order valence-electron chi connectivity index (χ3n) is 4.83. The van der Waals surface area contributed by atoms with E-state index in [2.05, 4.69) is 22.4 Å². The summed E-state index contributed by atoms with van der Waals surface area (Å²) in [6, 6.07) is 25.5. The molecule has 1 heterocycles. The molecule has 1 aromatic heterocycles. The minimum atomic E-state index is 0.490. The van der Waals surface area contributed by atoms with Gasteiger partial charge in [0.25, 0.3) is 0 Å². The van der Waals surface area contributed by atoms with E-state index in [0.29, 0.717) is 31.9 Å². The lowest BCUT2D eigenvalue weighted by Crippen LogP contribution is -2.02. The van der Waals surface area contributed by atoms with E-state index in [9.17, 15) is 5.26 Å². The van der Waals surface area contributed by atoms with Gasteiger partial charge in [-0.05, 0) is 54.4 Å². The van der Waals surface area contributed by atoms with Gasteiger partial charge in [0.05, 0.1) is 26.9 Å². The number of benzene rings is 3. The van der Waals surface area contributed by atoms with Gasteiger partial charge in [0.1, 0.15) is 16.6 Å². The van der Waals surface area contributed by atoms with Crippen LogP contribution in [0.3, 0.4) is 0 Å². The van der Waals surface area contributed by atoms with Crippen LogP contribution in [-0.2, 0) is 5.75 Å². The Morgan fingerprint density at radius 2 is 1.84 bits per heavy atom. The molecule has 0 spiro atoms. The normalized spacial score (nSPS) is 11.5. The van der Waals surface area contributed by atoms with Gasteiger partial charge >= 0.3 is 0 Å². The first-order chi connectivity index (χ1) is 15.6. The van der Waals surface area contributed by atoms with Crippen LogP contribution in [0.15, 0.2) is 71.8 Å². The highest BCUT2D eigenvalue weighted by atomic mass is 35.5. The molecule has 0 amide bonds. The van der Waals surface area contributed by atoms with Gasteiger partial charge in [-0.1, -0.05) is 41.9 Å². The molecule has 4 rings (SSSR count). The molecule has 0 saturated carbocycles. The van der Waals surface area contributed by atoms with E-state index in [1.165, 1.54) is 23.1 Å². The lowest BCUT2D eigenvalue weighted by Gasteiger charge is -2.15. The lowest BCUT2D eigenvalue weighted by molar-refractivity contribution is 1.38. The van der Waals surface area contributed by atoms with Gasteiger partial charge in [-0.15, -0.1) is 23.1 Å². The highest BCUT2D eigenvalue weighted by Gasteiger charge is 2.16. The summed E-state index contributed by atoms with van der Waals surface area (Å²) in [4.78, 5) is 4.69. The van der Waals surface area contributed by atoms with Gasteiger partial charge in [0.2, 0.25) is 0 Å². The van der Waals surface area contributed by atoms with Gasteiger partial charge in [0, 0.05) is 16.5 Å². The van der Waals surface area contributed by atoms with Crippen LogP contribution >= 0.6 is 34.7 Å². The number of para-hydroxylation sites is 1. The van der Waals surface area contributed by atoms with Crippen molar-refractivity contribution in [2.75, 3.05) is 5.32 Å². The number of hydrogen-bond donors (Lipinski definition) is 1. The maximum Gasteiger partial charge on any atom is 0.137 e. The number of anilines is 1. The van der Waals surface area contributed by atoms with Crippen molar-refractivity contribution in [1.82, 2.24) is 4.98 Å². The van der Waals surface area contributed by atoms with Gasteiger partial charge in [-0.2, -0.15) is 10.5 Å². The average molecular weight is 473 g/mol. The first kappa shape index (κ1) is 21.9. The smallest absolute Gasteiger partial charge is 0.137 e. The Hall–Kier alpha value is -3.29. The monoisotopic (exact) mass is 472 g/mol. The number of halogens is 1. The standard InChI is InChI=1S/C25H17ClN4S2/c1-16-20(26)5-4-7-21(16)29-24(31-15-18-11-9-17(13-27)10-12-18)19(14-28)25-30-22-6-2-3-8-23(22)32-25/h2-12,29H,15H2,1H3/b24-19+. The molecule has 0 aliphatic rings. The Morgan fingerprint density at radius 3 is 2.56 bits per heavy atom. The lowest BCUT2D eigenvalue weighted by atomic mass is 10.2. The van der Waals surface area contributed by atoms with Crippen LogP contribution < -0.4 is 5.32 Å². The molecule has 32 heavy (non-hydrogen) atoms. The van der Waals surface area contributed by atoms with Crippen LogP contribution in [0.4, 0.5) is 5.69 Å². The molecule has 0 atom stereocenters. The minimum Gasteiger partial charge on any atom is -0.349 e. The number of nitriles is 2. The third kappa shape index (κ3) is 4.79. The van der Waals surface area contributed by atoms with Crippen LogP contribution in [0.2, 0.25) is 5.02 Å². The summed E-state index contributed by atoms with van der Waals surface area (Å²) >= 11 is 9.34. The van der Waals surface area contributed by atoms with Crippen molar-refractivity contribution in [2.24, 2.45) is 0 Å². The maximum atomic E-state index is 10.1. The summed E-state index contributed by atoms with van der Waals surface area (Å²) in [6.45, 7) is 1.94. The number of rotatable bonds is 6. The maximum absolute atomic E-state index is 10.1. The quantitative estimate of drug-likeness (QED) is 0.296. The van der Waals surface area contributed by atoms with E-state index < -0.39 is 0 Å². The number of thiazole rings is 1. The molecule has 1 N–H and O–H groups in total. The highest BCUT2D eigenvalue weighted by molar-refractivity contribution is 8.02. The van der Waals surface area contributed by atoms with Crippen LogP contribution in [-0.4, -0.2) is 4.98 Å². The second-order valence-electron chi connectivity index (χ2n) is 6.94. The van der Waals surface area contributed by atoms with Gasteiger partial charge in [-0.3, -0.25) is 0 Å². The van der Waals surface area contributed by atoms with E-state index in [-0.39, 0.29) is 0 Å². The van der Waals surface area contributed by atoms with E-state index >= 15 is 0 Å². The number of fused-ring (bicyclic) bond motifs is 1. The van der Waals surface area contributed by atoms with Crippen molar-refractivity contribution < 1.29 is 0 Å². The first-order valence-electron chi connectivity index (χ1n) is 9.73. The van der Waals surface area contributed by atoms with Gasteiger partial charge in [-0.25, -0.2) is 4.98 Å². The van der Waals surface area contributed by atoms with Crippen LogP contribution in [0.1, 0.15) is 21.7 Å². The van der Waals surface area contributed by atoms with E-state index in [1.54, 1.807) is 12.1 Å². The minimum absolute atomic E-state index is 0.490. The van der Waals surface area contributed by atoms with Crippen LogP contribution in [0.5, 0.6) is 0 Å². The van der Waals surface area contributed by atoms with Crippen molar-refractivity contribution in [3.63, 3.8) is 0 Å². The summed E-state index contributed by atoms with van der Waals surface area (Å²) in [5.41, 5.74) is 4.79. The molecule has 7 heteroatoms. The molecular weight excluding hydrogens is 456 g/mol. The molecule has 156 valence electrons. The second-order valence-corrected chi connectivity index (χ2v) is 9.36. The predicted molar refractivity (Wildman–Crippen MR) is 134 cm³/mol. The summed E-state index contributed by atoms with van der Waals surface area (Å²) in [5.74, 6) is 0.629. The molecule has 0 radical (unpaired) electrons. The highest BCUT2D eigenvalue weighted by Crippen LogP contribution is 2.35. The Bertz CT molecular complexity index is 1360. The average Bonchev–Trinajstić information content (AvgIpc) is 3.25. The third-order valence-corrected chi connectivity index (χ3v) is 7.36. The predicted octanol–water partition coefficient (Wildman–Crippen LogP) is 7.37. The molecule has 0 bridgehead atoms. The fourth-order valence-electron chi connectivity index (χ4n) is 3.04. The molecule has 0 unspecified atom stereocenters. The van der Waals surface area contributed by atoms with Crippen molar-refractivity contribution in [3.05, 3.63) is 98.5 Å². The number of hydrogen-bond acceptors (Lipinski definition) is 6. The van der Waals surface area contributed by atoms with E-state index in [4.69, 9.17) is 16.9 Å². The Balaban J connectivity index is 1.74. The number of aromatic nitrogens is 1. The number of nitrogens with one attached hydrogen (secondary N) is 1. The molecule has 4 aromatic rings.